The highest BCUT2D eigenvalue weighted by Gasteiger charge is 2.26. The molecule has 2 rings (SSSR count). The van der Waals surface area contributed by atoms with Crippen molar-refractivity contribution in [1.82, 2.24) is 5.32 Å². The summed E-state index contributed by atoms with van der Waals surface area (Å²) >= 11 is 0. The molecule has 2 heteroatoms. The maximum atomic E-state index is 13.2. The van der Waals surface area contributed by atoms with Crippen molar-refractivity contribution in [2.45, 2.75) is 51.6 Å². The summed E-state index contributed by atoms with van der Waals surface area (Å²) in [6.07, 6.45) is 5.17. The zero-order valence-corrected chi connectivity index (χ0v) is 10.7. The topological polar surface area (TPSA) is 12.0 Å². The standard InChI is InChI=1S/C15H22FN/c1-3-12-6-5-9-15(12)17-11(2)13-7-4-8-14(16)10-13/h4,7-8,10-12,15,17H,3,5-6,9H2,1-2H3/t11-,12?,15?/m1/s1. The Morgan fingerprint density at radius 1 is 1.41 bits per heavy atom. The summed E-state index contributed by atoms with van der Waals surface area (Å²) in [5, 5.41) is 3.66. The molecule has 0 radical (unpaired) electrons. The fourth-order valence-electron chi connectivity index (χ4n) is 2.94. The highest BCUT2D eigenvalue weighted by molar-refractivity contribution is 5.19. The summed E-state index contributed by atoms with van der Waals surface area (Å²) in [5.74, 6) is 0.653. The molecule has 0 aromatic heterocycles. The van der Waals surface area contributed by atoms with Gasteiger partial charge < -0.3 is 5.32 Å². The predicted molar refractivity (Wildman–Crippen MR) is 69.4 cm³/mol. The Morgan fingerprint density at radius 2 is 2.24 bits per heavy atom. The van der Waals surface area contributed by atoms with Crippen molar-refractivity contribution in [3.8, 4) is 0 Å². The van der Waals surface area contributed by atoms with Crippen molar-refractivity contribution in [3.63, 3.8) is 0 Å². The van der Waals surface area contributed by atoms with Gasteiger partial charge in [0.2, 0.25) is 0 Å². The third-order valence-corrected chi connectivity index (χ3v) is 4.00. The Labute approximate surface area is 103 Å². The zero-order valence-electron chi connectivity index (χ0n) is 10.7. The molecule has 2 unspecified atom stereocenters. The molecule has 0 saturated heterocycles. The molecule has 1 aromatic rings. The van der Waals surface area contributed by atoms with E-state index in [1.54, 1.807) is 12.1 Å². The van der Waals surface area contributed by atoms with Crippen LogP contribution in [0.2, 0.25) is 0 Å². The molecule has 1 nitrogen and oxygen atoms in total. The van der Waals surface area contributed by atoms with Crippen LogP contribution in [-0.2, 0) is 0 Å². The van der Waals surface area contributed by atoms with Gasteiger partial charge in [0, 0.05) is 12.1 Å². The van der Waals surface area contributed by atoms with E-state index < -0.39 is 0 Å². The van der Waals surface area contributed by atoms with E-state index in [-0.39, 0.29) is 11.9 Å². The lowest BCUT2D eigenvalue weighted by Gasteiger charge is -2.24. The molecule has 0 aliphatic heterocycles. The first-order valence-corrected chi connectivity index (χ1v) is 6.72. The lowest BCUT2D eigenvalue weighted by molar-refractivity contribution is 0.360. The van der Waals surface area contributed by atoms with Gasteiger partial charge in [0.25, 0.3) is 0 Å². The van der Waals surface area contributed by atoms with Crippen molar-refractivity contribution in [2.75, 3.05) is 0 Å². The average Bonchev–Trinajstić information content (AvgIpc) is 2.76. The van der Waals surface area contributed by atoms with Crippen LogP contribution in [0.4, 0.5) is 4.39 Å². The third kappa shape index (κ3) is 3.06. The fourth-order valence-corrected chi connectivity index (χ4v) is 2.94. The van der Waals surface area contributed by atoms with Crippen molar-refractivity contribution >= 4 is 0 Å². The largest absolute Gasteiger partial charge is 0.307 e. The lowest BCUT2D eigenvalue weighted by Crippen LogP contribution is -2.34. The normalized spacial score (nSPS) is 26.1. The van der Waals surface area contributed by atoms with Gasteiger partial charge in [-0.25, -0.2) is 4.39 Å². The SMILES string of the molecule is CCC1CCCC1N[C@H](C)c1cccc(F)c1. The molecule has 17 heavy (non-hydrogen) atoms. The molecule has 1 N–H and O–H groups in total. The van der Waals surface area contributed by atoms with Crippen molar-refractivity contribution < 1.29 is 4.39 Å². The minimum atomic E-state index is -0.144. The van der Waals surface area contributed by atoms with Gasteiger partial charge in [-0.1, -0.05) is 31.9 Å². The van der Waals surface area contributed by atoms with Gasteiger partial charge in [0.15, 0.2) is 0 Å². The van der Waals surface area contributed by atoms with E-state index in [1.807, 2.05) is 6.07 Å². The van der Waals surface area contributed by atoms with Crippen LogP contribution in [0.3, 0.4) is 0 Å². The van der Waals surface area contributed by atoms with E-state index >= 15 is 0 Å². The van der Waals surface area contributed by atoms with Gasteiger partial charge >= 0.3 is 0 Å². The summed E-state index contributed by atoms with van der Waals surface area (Å²) in [5.41, 5.74) is 1.05. The molecule has 3 atom stereocenters. The molecule has 1 aliphatic rings. The van der Waals surface area contributed by atoms with Gasteiger partial charge in [0.1, 0.15) is 5.82 Å². The minimum Gasteiger partial charge on any atom is -0.307 e. The first-order valence-electron chi connectivity index (χ1n) is 6.72. The van der Waals surface area contributed by atoms with E-state index in [2.05, 4.69) is 19.2 Å². The summed E-state index contributed by atoms with van der Waals surface area (Å²) < 4.78 is 13.2. The summed E-state index contributed by atoms with van der Waals surface area (Å²) in [7, 11) is 0. The molecule has 1 saturated carbocycles. The molecule has 0 amide bonds. The Balaban J connectivity index is 1.99. The lowest BCUT2D eigenvalue weighted by atomic mass is 9.98. The third-order valence-electron chi connectivity index (χ3n) is 4.00. The number of hydrogen-bond acceptors (Lipinski definition) is 1. The van der Waals surface area contributed by atoms with Crippen molar-refractivity contribution in [2.24, 2.45) is 5.92 Å². The van der Waals surface area contributed by atoms with Crippen LogP contribution in [0.1, 0.15) is 51.1 Å². The van der Waals surface area contributed by atoms with E-state index in [1.165, 1.54) is 31.7 Å². The second-order valence-corrected chi connectivity index (χ2v) is 5.15. The highest BCUT2D eigenvalue weighted by Crippen LogP contribution is 2.30. The number of rotatable bonds is 4. The maximum Gasteiger partial charge on any atom is 0.123 e. The number of benzene rings is 1. The summed E-state index contributed by atoms with van der Waals surface area (Å²) in [4.78, 5) is 0. The van der Waals surface area contributed by atoms with E-state index in [4.69, 9.17) is 0 Å². The maximum absolute atomic E-state index is 13.2. The van der Waals surface area contributed by atoms with E-state index in [0.717, 1.165) is 11.5 Å². The van der Waals surface area contributed by atoms with E-state index in [9.17, 15) is 4.39 Å². The molecule has 94 valence electrons. The molecule has 0 bridgehead atoms. The van der Waals surface area contributed by atoms with Crippen LogP contribution in [0.5, 0.6) is 0 Å². The van der Waals surface area contributed by atoms with Crippen molar-refractivity contribution in [1.29, 1.82) is 0 Å². The van der Waals surface area contributed by atoms with Gasteiger partial charge in [-0.05, 0) is 43.4 Å². The van der Waals surface area contributed by atoms with Crippen LogP contribution in [0.15, 0.2) is 24.3 Å². The van der Waals surface area contributed by atoms with Gasteiger partial charge in [-0.2, -0.15) is 0 Å². The van der Waals surface area contributed by atoms with Crippen LogP contribution in [0, 0.1) is 11.7 Å². The van der Waals surface area contributed by atoms with Gasteiger partial charge in [-0.3, -0.25) is 0 Å². The highest BCUT2D eigenvalue weighted by atomic mass is 19.1. The second kappa shape index (κ2) is 5.63. The van der Waals surface area contributed by atoms with Crippen molar-refractivity contribution in [3.05, 3.63) is 35.6 Å². The number of hydrogen-bond donors (Lipinski definition) is 1. The second-order valence-electron chi connectivity index (χ2n) is 5.15. The fraction of sp³-hybridized carbons (Fsp3) is 0.600. The Hall–Kier alpha value is -0.890. The summed E-state index contributed by atoms with van der Waals surface area (Å²) in [6, 6.07) is 7.76. The zero-order chi connectivity index (χ0) is 12.3. The van der Waals surface area contributed by atoms with Crippen LogP contribution >= 0.6 is 0 Å². The summed E-state index contributed by atoms with van der Waals surface area (Å²) in [6.45, 7) is 4.39. The quantitative estimate of drug-likeness (QED) is 0.830. The molecule has 1 aromatic carbocycles. The smallest absolute Gasteiger partial charge is 0.123 e. The minimum absolute atomic E-state index is 0.144. The average molecular weight is 235 g/mol. The van der Waals surface area contributed by atoms with Gasteiger partial charge in [0.05, 0.1) is 0 Å². The molecular formula is C15H22FN. The number of nitrogens with one attached hydrogen (secondary N) is 1. The first kappa shape index (κ1) is 12.6. The van der Waals surface area contributed by atoms with Crippen LogP contribution in [0.25, 0.3) is 0 Å². The number of halogens is 1. The van der Waals surface area contributed by atoms with Gasteiger partial charge in [-0.15, -0.1) is 0 Å². The molecule has 1 aliphatic carbocycles. The predicted octanol–water partition coefficient (Wildman–Crippen LogP) is 4.06. The van der Waals surface area contributed by atoms with Crippen LogP contribution < -0.4 is 5.32 Å². The molecule has 0 spiro atoms. The Kier molecular flexibility index (Phi) is 4.16. The van der Waals surface area contributed by atoms with Crippen LogP contribution in [-0.4, -0.2) is 6.04 Å². The molecule has 0 heterocycles. The Morgan fingerprint density at radius 3 is 2.94 bits per heavy atom. The monoisotopic (exact) mass is 235 g/mol. The molecule has 1 fully saturated rings. The van der Waals surface area contributed by atoms with E-state index in [0.29, 0.717) is 6.04 Å². The Bertz CT molecular complexity index is 364. The first-order chi connectivity index (χ1) is 8.20. The molecular weight excluding hydrogens is 213 g/mol.